The zero-order valence-corrected chi connectivity index (χ0v) is 15.0. The maximum Gasteiger partial charge on any atom is 0.255 e. The molecule has 1 amide bonds. The average Bonchev–Trinajstić information content (AvgIpc) is 3.39. The standard InChI is InChI=1S/C18H17N5O2S/c1-25-16-7-5-13(6-8-16)18-22(9-10-26-18)17(24)14-3-2-4-15(11-14)23-12-19-20-21-23/h2-8,11-12,18H,9-10H2,1H3. The quantitative estimate of drug-likeness (QED) is 0.706. The Morgan fingerprint density at radius 3 is 2.81 bits per heavy atom. The second kappa shape index (κ2) is 7.17. The molecule has 8 heteroatoms. The van der Waals surface area contributed by atoms with E-state index in [1.54, 1.807) is 18.9 Å². The van der Waals surface area contributed by atoms with Crippen LogP contribution in [0.25, 0.3) is 5.69 Å². The lowest BCUT2D eigenvalue weighted by Crippen LogP contribution is -2.30. The second-order valence-corrected chi connectivity index (χ2v) is 6.99. The van der Waals surface area contributed by atoms with Gasteiger partial charge in [-0.2, -0.15) is 0 Å². The second-order valence-electron chi connectivity index (χ2n) is 5.80. The Labute approximate surface area is 155 Å². The maximum absolute atomic E-state index is 13.1. The van der Waals surface area contributed by atoms with E-state index in [1.807, 2.05) is 53.4 Å². The Kier molecular flexibility index (Phi) is 4.57. The van der Waals surface area contributed by atoms with Crippen LogP contribution < -0.4 is 4.74 Å². The number of hydrogen-bond donors (Lipinski definition) is 0. The van der Waals surface area contributed by atoms with Crippen molar-refractivity contribution < 1.29 is 9.53 Å². The summed E-state index contributed by atoms with van der Waals surface area (Å²) in [6, 6.07) is 15.2. The van der Waals surface area contributed by atoms with Gasteiger partial charge in [-0.05, 0) is 46.3 Å². The van der Waals surface area contributed by atoms with E-state index in [1.165, 1.54) is 11.0 Å². The first-order valence-electron chi connectivity index (χ1n) is 8.16. The van der Waals surface area contributed by atoms with Crippen molar-refractivity contribution in [1.29, 1.82) is 0 Å². The minimum atomic E-state index is 0.00472. The van der Waals surface area contributed by atoms with Crippen LogP contribution in [-0.4, -0.2) is 50.4 Å². The lowest BCUT2D eigenvalue weighted by atomic mass is 10.1. The largest absolute Gasteiger partial charge is 0.497 e. The minimum absolute atomic E-state index is 0.00472. The highest BCUT2D eigenvalue weighted by Gasteiger charge is 2.31. The number of carbonyl (C=O) groups is 1. The molecule has 26 heavy (non-hydrogen) atoms. The van der Waals surface area contributed by atoms with Gasteiger partial charge < -0.3 is 9.64 Å². The predicted octanol–water partition coefficient (Wildman–Crippen LogP) is 2.56. The van der Waals surface area contributed by atoms with Crippen LogP contribution in [0, 0.1) is 0 Å². The van der Waals surface area contributed by atoms with Gasteiger partial charge in [0.2, 0.25) is 0 Å². The first-order chi connectivity index (χ1) is 12.8. The van der Waals surface area contributed by atoms with Crippen molar-refractivity contribution in [3.05, 3.63) is 66.0 Å². The summed E-state index contributed by atoms with van der Waals surface area (Å²) in [5.41, 5.74) is 2.48. The fourth-order valence-electron chi connectivity index (χ4n) is 2.95. The first kappa shape index (κ1) is 16.6. The number of rotatable bonds is 4. The van der Waals surface area contributed by atoms with E-state index < -0.39 is 0 Å². The van der Waals surface area contributed by atoms with Crippen LogP contribution in [0.3, 0.4) is 0 Å². The van der Waals surface area contributed by atoms with Gasteiger partial charge in [-0.3, -0.25) is 4.79 Å². The van der Waals surface area contributed by atoms with E-state index in [2.05, 4.69) is 15.5 Å². The molecule has 0 saturated carbocycles. The molecule has 1 aliphatic heterocycles. The van der Waals surface area contributed by atoms with Crippen molar-refractivity contribution in [2.75, 3.05) is 19.4 Å². The zero-order valence-electron chi connectivity index (χ0n) is 14.1. The third kappa shape index (κ3) is 3.15. The number of benzene rings is 2. The highest BCUT2D eigenvalue weighted by atomic mass is 32.2. The van der Waals surface area contributed by atoms with E-state index in [0.717, 1.165) is 29.3 Å². The molecule has 1 fully saturated rings. The average molecular weight is 367 g/mol. The molecule has 1 unspecified atom stereocenters. The molecule has 0 spiro atoms. The molecule has 3 aromatic rings. The number of hydrogen-bond acceptors (Lipinski definition) is 6. The number of thioether (sulfide) groups is 1. The number of carbonyl (C=O) groups excluding carboxylic acids is 1. The first-order valence-corrected chi connectivity index (χ1v) is 9.21. The van der Waals surface area contributed by atoms with Gasteiger partial charge in [-0.1, -0.05) is 18.2 Å². The van der Waals surface area contributed by atoms with Gasteiger partial charge in [0.25, 0.3) is 5.91 Å². The summed E-state index contributed by atoms with van der Waals surface area (Å²) in [6.07, 6.45) is 1.51. The van der Waals surface area contributed by atoms with Gasteiger partial charge in [0.1, 0.15) is 17.5 Å². The number of tetrazole rings is 1. The number of nitrogens with zero attached hydrogens (tertiary/aromatic N) is 5. The molecule has 7 nitrogen and oxygen atoms in total. The lowest BCUT2D eigenvalue weighted by molar-refractivity contribution is 0.0760. The van der Waals surface area contributed by atoms with Gasteiger partial charge in [0, 0.05) is 17.9 Å². The van der Waals surface area contributed by atoms with Crippen LogP contribution in [0.5, 0.6) is 5.75 Å². The van der Waals surface area contributed by atoms with Crippen molar-refractivity contribution in [3.63, 3.8) is 0 Å². The molecule has 0 radical (unpaired) electrons. The fourth-order valence-corrected chi connectivity index (χ4v) is 4.21. The highest BCUT2D eigenvalue weighted by Crippen LogP contribution is 2.39. The molecule has 2 aromatic carbocycles. The summed E-state index contributed by atoms with van der Waals surface area (Å²) in [7, 11) is 1.65. The highest BCUT2D eigenvalue weighted by molar-refractivity contribution is 7.99. The molecule has 1 saturated heterocycles. The molecule has 1 aromatic heterocycles. The Morgan fingerprint density at radius 2 is 2.08 bits per heavy atom. The fraction of sp³-hybridized carbons (Fsp3) is 0.222. The zero-order chi connectivity index (χ0) is 17.9. The summed E-state index contributed by atoms with van der Waals surface area (Å²) < 4.78 is 6.76. The number of amides is 1. The van der Waals surface area contributed by atoms with E-state index in [0.29, 0.717) is 5.56 Å². The molecular formula is C18H17N5O2S. The van der Waals surface area contributed by atoms with Crippen LogP contribution in [0.1, 0.15) is 21.3 Å². The van der Waals surface area contributed by atoms with Gasteiger partial charge in [0.15, 0.2) is 0 Å². The SMILES string of the molecule is COc1ccc(C2SCCN2C(=O)c2cccc(-n3cnnn3)c2)cc1. The summed E-state index contributed by atoms with van der Waals surface area (Å²) in [4.78, 5) is 15.0. The van der Waals surface area contributed by atoms with Gasteiger partial charge >= 0.3 is 0 Å². The third-order valence-electron chi connectivity index (χ3n) is 4.26. The van der Waals surface area contributed by atoms with E-state index in [4.69, 9.17) is 4.74 Å². The van der Waals surface area contributed by atoms with Gasteiger partial charge in [0.05, 0.1) is 12.8 Å². The van der Waals surface area contributed by atoms with E-state index in [9.17, 15) is 4.79 Å². The van der Waals surface area contributed by atoms with Crippen molar-refractivity contribution >= 4 is 17.7 Å². The van der Waals surface area contributed by atoms with Crippen molar-refractivity contribution in [2.24, 2.45) is 0 Å². The summed E-state index contributed by atoms with van der Waals surface area (Å²) in [6.45, 7) is 0.718. The minimum Gasteiger partial charge on any atom is -0.497 e. The van der Waals surface area contributed by atoms with Crippen LogP contribution in [-0.2, 0) is 0 Å². The molecule has 2 heterocycles. The lowest BCUT2D eigenvalue weighted by Gasteiger charge is -2.24. The smallest absolute Gasteiger partial charge is 0.255 e. The van der Waals surface area contributed by atoms with Crippen LogP contribution >= 0.6 is 11.8 Å². The molecule has 1 atom stereocenters. The molecule has 0 aliphatic carbocycles. The molecule has 0 bridgehead atoms. The number of ether oxygens (including phenoxy) is 1. The summed E-state index contributed by atoms with van der Waals surface area (Å²) in [5.74, 6) is 1.73. The molecule has 132 valence electrons. The Balaban J connectivity index is 1.59. The van der Waals surface area contributed by atoms with Gasteiger partial charge in [-0.15, -0.1) is 16.9 Å². The van der Waals surface area contributed by atoms with Crippen LogP contribution in [0.4, 0.5) is 0 Å². The molecule has 4 rings (SSSR count). The summed E-state index contributed by atoms with van der Waals surface area (Å²) in [5, 5.41) is 11.2. The third-order valence-corrected chi connectivity index (χ3v) is 5.52. The maximum atomic E-state index is 13.1. The van der Waals surface area contributed by atoms with E-state index >= 15 is 0 Å². The normalized spacial score (nSPS) is 16.7. The number of methoxy groups -OCH3 is 1. The topological polar surface area (TPSA) is 73.1 Å². The van der Waals surface area contributed by atoms with Crippen LogP contribution in [0.2, 0.25) is 0 Å². The summed E-state index contributed by atoms with van der Waals surface area (Å²) >= 11 is 1.77. The van der Waals surface area contributed by atoms with Crippen molar-refractivity contribution in [3.8, 4) is 11.4 Å². The van der Waals surface area contributed by atoms with E-state index in [-0.39, 0.29) is 11.3 Å². The predicted molar refractivity (Wildman–Crippen MR) is 98.4 cm³/mol. The van der Waals surface area contributed by atoms with Crippen molar-refractivity contribution in [2.45, 2.75) is 5.37 Å². The van der Waals surface area contributed by atoms with Gasteiger partial charge in [-0.25, -0.2) is 4.68 Å². The molecular weight excluding hydrogens is 350 g/mol. The molecule has 1 aliphatic rings. The van der Waals surface area contributed by atoms with Crippen LogP contribution in [0.15, 0.2) is 54.9 Å². The Bertz CT molecular complexity index is 898. The van der Waals surface area contributed by atoms with Crippen molar-refractivity contribution in [1.82, 2.24) is 25.1 Å². The molecule has 0 N–H and O–H groups in total. The Morgan fingerprint density at radius 1 is 1.23 bits per heavy atom. The monoisotopic (exact) mass is 367 g/mol. The number of aromatic nitrogens is 4. The Hall–Kier alpha value is -2.87.